The Hall–Kier alpha value is -1.88. The molecule has 0 atom stereocenters. The quantitative estimate of drug-likeness (QED) is 0.867. The average Bonchev–Trinajstić information content (AvgIpc) is 2.35. The lowest BCUT2D eigenvalue weighted by Crippen LogP contribution is -2.04. The molecule has 0 saturated carbocycles. The van der Waals surface area contributed by atoms with E-state index >= 15 is 0 Å². The van der Waals surface area contributed by atoms with E-state index in [-0.39, 0.29) is 23.9 Å². The highest BCUT2D eigenvalue weighted by molar-refractivity contribution is 6.18. The molecule has 6 heteroatoms. The number of hydrogen-bond donors (Lipinski definition) is 1. The minimum Gasteiger partial charge on any atom is -0.492 e. The molecule has 0 aliphatic rings. The number of hydrogen-bond acceptors (Lipinski definition) is 3. The molecule has 0 saturated heterocycles. The highest BCUT2D eigenvalue weighted by Crippen LogP contribution is 2.26. The van der Waals surface area contributed by atoms with Gasteiger partial charge in [0.15, 0.2) is 5.69 Å². The number of nitrogens with zero attached hydrogens (tertiary/aromatic N) is 1. The molecule has 0 spiro atoms. The van der Waals surface area contributed by atoms with Crippen LogP contribution in [0.5, 0.6) is 5.75 Å². The molecule has 1 aromatic carbocycles. The molecule has 1 heterocycles. The van der Waals surface area contributed by atoms with Gasteiger partial charge in [0, 0.05) is 11.5 Å². The number of carboxylic acid groups (broad SMARTS) is 1. The van der Waals surface area contributed by atoms with Crippen LogP contribution in [0.3, 0.4) is 0 Å². The number of ether oxygens (including phenoxy) is 1. The monoisotopic (exact) mass is 269 g/mol. The van der Waals surface area contributed by atoms with Gasteiger partial charge < -0.3 is 9.84 Å². The lowest BCUT2D eigenvalue weighted by Gasteiger charge is -2.09. The number of benzene rings is 1. The van der Waals surface area contributed by atoms with Crippen LogP contribution < -0.4 is 4.74 Å². The van der Waals surface area contributed by atoms with E-state index in [1.54, 1.807) is 0 Å². The van der Waals surface area contributed by atoms with E-state index in [1.165, 1.54) is 24.3 Å². The summed E-state index contributed by atoms with van der Waals surface area (Å²) in [7, 11) is 0. The van der Waals surface area contributed by atoms with Crippen molar-refractivity contribution in [2.45, 2.75) is 0 Å². The van der Waals surface area contributed by atoms with Crippen LogP contribution in [0.4, 0.5) is 4.39 Å². The van der Waals surface area contributed by atoms with Crippen molar-refractivity contribution in [2.24, 2.45) is 0 Å². The van der Waals surface area contributed by atoms with Gasteiger partial charge >= 0.3 is 5.97 Å². The van der Waals surface area contributed by atoms with Gasteiger partial charge in [0.1, 0.15) is 18.2 Å². The van der Waals surface area contributed by atoms with Crippen LogP contribution in [0.15, 0.2) is 24.3 Å². The van der Waals surface area contributed by atoms with Crippen molar-refractivity contribution in [3.63, 3.8) is 0 Å². The van der Waals surface area contributed by atoms with E-state index in [0.717, 1.165) is 0 Å². The number of halogens is 2. The van der Waals surface area contributed by atoms with Gasteiger partial charge in [0.25, 0.3) is 0 Å². The van der Waals surface area contributed by atoms with Gasteiger partial charge in [0.05, 0.1) is 11.4 Å². The lowest BCUT2D eigenvalue weighted by molar-refractivity contribution is 0.0690. The predicted octanol–water partition coefficient (Wildman–Crippen LogP) is 2.69. The summed E-state index contributed by atoms with van der Waals surface area (Å²) in [6, 6.07) is 5.13. The lowest BCUT2D eigenvalue weighted by atomic mass is 10.1. The highest BCUT2D eigenvalue weighted by atomic mass is 35.5. The van der Waals surface area contributed by atoms with Crippen molar-refractivity contribution < 1.29 is 19.0 Å². The Morgan fingerprint density at radius 1 is 1.44 bits per heavy atom. The van der Waals surface area contributed by atoms with Crippen LogP contribution in [-0.4, -0.2) is 28.5 Å². The number of fused-ring (bicyclic) bond motifs is 1. The second-order valence-electron chi connectivity index (χ2n) is 3.51. The van der Waals surface area contributed by atoms with Gasteiger partial charge in [-0.15, -0.1) is 11.6 Å². The number of alkyl halides is 1. The smallest absolute Gasteiger partial charge is 0.354 e. The topological polar surface area (TPSA) is 59.4 Å². The van der Waals surface area contributed by atoms with Crippen LogP contribution in [-0.2, 0) is 0 Å². The maximum Gasteiger partial charge on any atom is 0.354 e. The zero-order chi connectivity index (χ0) is 13.1. The maximum atomic E-state index is 13.2. The summed E-state index contributed by atoms with van der Waals surface area (Å²) >= 11 is 5.51. The minimum absolute atomic E-state index is 0.154. The first-order chi connectivity index (χ1) is 8.61. The predicted molar refractivity (Wildman–Crippen MR) is 64.9 cm³/mol. The second kappa shape index (κ2) is 5.18. The van der Waals surface area contributed by atoms with Gasteiger partial charge in [-0.1, -0.05) is 0 Å². The van der Waals surface area contributed by atoms with Crippen molar-refractivity contribution in [2.75, 3.05) is 12.5 Å². The number of aromatic carboxylic acids is 1. The molecule has 0 amide bonds. The largest absolute Gasteiger partial charge is 0.492 e. The van der Waals surface area contributed by atoms with E-state index in [1.807, 2.05) is 0 Å². The molecule has 0 bridgehead atoms. The van der Waals surface area contributed by atoms with E-state index in [2.05, 4.69) is 4.98 Å². The third kappa shape index (κ3) is 2.51. The van der Waals surface area contributed by atoms with Gasteiger partial charge in [-0.3, -0.25) is 0 Å². The standard InChI is InChI=1S/C12H9ClFNO3/c13-3-4-18-11-6-10(12(16)17)15-9-2-1-7(14)5-8(9)11/h1-2,5-6H,3-4H2,(H,16,17). The van der Waals surface area contributed by atoms with E-state index < -0.39 is 11.8 Å². The number of carboxylic acids is 1. The fourth-order valence-electron chi connectivity index (χ4n) is 1.54. The van der Waals surface area contributed by atoms with Gasteiger partial charge in [-0.2, -0.15) is 0 Å². The Morgan fingerprint density at radius 3 is 2.89 bits per heavy atom. The molecule has 2 aromatic rings. The van der Waals surface area contributed by atoms with Crippen LogP contribution in [0.2, 0.25) is 0 Å². The molecule has 0 radical (unpaired) electrons. The van der Waals surface area contributed by atoms with E-state index in [0.29, 0.717) is 10.9 Å². The molecule has 0 aliphatic heterocycles. The molecule has 0 aliphatic carbocycles. The zero-order valence-corrected chi connectivity index (χ0v) is 9.95. The number of aromatic nitrogens is 1. The Balaban J connectivity index is 2.61. The molecule has 0 fully saturated rings. The first-order valence-corrected chi connectivity index (χ1v) is 5.67. The fraction of sp³-hybridized carbons (Fsp3) is 0.167. The Bertz CT molecular complexity index is 603. The summed E-state index contributed by atoms with van der Waals surface area (Å²) < 4.78 is 18.5. The third-order valence-corrected chi connectivity index (χ3v) is 2.44. The number of carbonyl (C=O) groups is 1. The summed E-state index contributed by atoms with van der Waals surface area (Å²) in [5.74, 6) is -1.10. The molecule has 2 rings (SSSR count). The minimum atomic E-state index is -1.17. The van der Waals surface area contributed by atoms with Gasteiger partial charge in [-0.25, -0.2) is 14.2 Å². The first kappa shape index (κ1) is 12.6. The molecule has 0 unspecified atom stereocenters. The van der Waals surface area contributed by atoms with Crippen molar-refractivity contribution in [1.29, 1.82) is 0 Å². The van der Waals surface area contributed by atoms with Crippen LogP contribution in [0.1, 0.15) is 10.5 Å². The Kier molecular flexibility index (Phi) is 3.62. The van der Waals surface area contributed by atoms with Crippen molar-refractivity contribution in [3.8, 4) is 5.75 Å². The average molecular weight is 270 g/mol. The molecular formula is C12H9ClFNO3. The molecule has 4 nitrogen and oxygen atoms in total. The van der Waals surface area contributed by atoms with Crippen LogP contribution >= 0.6 is 11.6 Å². The van der Waals surface area contributed by atoms with E-state index in [4.69, 9.17) is 21.4 Å². The second-order valence-corrected chi connectivity index (χ2v) is 3.89. The Labute approximate surface area is 107 Å². The molecule has 18 heavy (non-hydrogen) atoms. The number of pyridine rings is 1. The van der Waals surface area contributed by atoms with Crippen molar-refractivity contribution in [3.05, 3.63) is 35.8 Å². The number of rotatable bonds is 4. The molecule has 94 valence electrons. The van der Waals surface area contributed by atoms with Gasteiger partial charge in [0.2, 0.25) is 0 Å². The van der Waals surface area contributed by atoms with Crippen molar-refractivity contribution in [1.82, 2.24) is 4.98 Å². The summed E-state index contributed by atoms with van der Waals surface area (Å²) in [5.41, 5.74) is 0.208. The SMILES string of the molecule is O=C(O)c1cc(OCCCl)c2cc(F)ccc2n1. The fourth-order valence-corrected chi connectivity index (χ4v) is 1.62. The normalized spacial score (nSPS) is 10.6. The Morgan fingerprint density at radius 2 is 2.22 bits per heavy atom. The van der Waals surface area contributed by atoms with Crippen LogP contribution in [0.25, 0.3) is 10.9 Å². The first-order valence-electron chi connectivity index (χ1n) is 5.14. The summed E-state index contributed by atoms with van der Waals surface area (Å²) in [5, 5.41) is 9.35. The van der Waals surface area contributed by atoms with Crippen LogP contribution in [0, 0.1) is 5.82 Å². The summed E-state index contributed by atoms with van der Waals surface area (Å²) in [6.45, 7) is 0.205. The van der Waals surface area contributed by atoms with Crippen molar-refractivity contribution >= 4 is 28.5 Å². The van der Waals surface area contributed by atoms with E-state index in [9.17, 15) is 9.18 Å². The molecule has 1 N–H and O–H groups in total. The zero-order valence-electron chi connectivity index (χ0n) is 9.19. The molecule has 1 aromatic heterocycles. The summed E-state index contributed by atoms with van der Waals surface area (Å²) in [6.07, 6.45) is 0. The maximum absolute atomic E-state index is 13.2. The summed E-state index contributed by atoms with van der Waals surface area (Å²) in [4.78, 5) is 14.8. The molecular weight excluding hydrogens is 261 g/mol. The third-order valence-electron chi connectivity index (χ3n) is 2.29. The highest BCUT2D eigenvalue weighted by Gasteiger charge is 2.12. The van der Waals surface area contributed by atoms with Gasteiger partial charge in [-0.05, 0) is 18.2 Å².